The van der Waals surface area contributed by atoms with Crippen molar-refractivity contribution in [2.45, 2.75) is 44.7 Å². The third kappa shape index (κ3) is 3.08. The molecule has 3 N–H and O–H groups in total. The van der Waals surface area contributed by atoms with Crippen LogP contribution in [0.3, 0.4) is 0 Å². The summed E-state index contributed by atoms with van der Waals surface area (Å²) in [6.07, 6.45) is 5.09. The summed E-state index contributed by atoms with van der Waals surface area (Å²) in [5.41, 5.74) is 7.57. The molecule has 17 heavy (non-hydrogen) atoms. The number of hydrogen-bond donors (Lipinski definition) is 2. The molecule has 1 aliphatic rings. The van der Waals surface area contributed by atoms with Crippen LogP contribution in [0.15, 0.2) is 30.3 Å². The summed E-state index contributed by atoms with van der Waals surface area (Å²) in [4.78, 5) is 0. The molecular weight excluding hydrogens is 208 g/mol. The third-order valence-corrected chi connectivity index (χ3v) is 3.91. The molecule has 1 aromatic rings. The molecule has 1 fully saturated rings. The van der Waals surface area contributed by atoms with Crippen LogP contribution in [0.25, 0.3) is 0 Å². The van der Waals surface area contributed by atoms with Gasteiger partial charge in [0.15, 0.2) is 0 Å². The summed E-state index contributed by atoms with van der Waals surface area (Å²) in [6.45, 7) is 3.95. The Balaban J connectivity index is 1.97. The molecule has 0 aromatic heterocycles. The topological polar surface area (TPSA) is 38.0 Å². The summed E-state index contributed by atoms with van der Waals surface area (Å²) in [5, 5.41) is 3.74. The zero-order valence-electron chi connectivity index (χ0n) is 10.8. The lowest BCUT2D eigenvalue weighted by Crippen LogP contribution is -2.52. The smallest absolute Gasteiger partial charge is 0.0335 e. The molecule has 0 spiro atoms. The molecule has 1 unspecified atom stereocenters. The first kappa shape index (κ1) is 12.6. The molecule has 94 valence electrons. The van der Waals surface area contributed by atoms with Gasteiger partial charge in [0.05, 0.1) is 0 Å². The molecule has 1 aromatic carbocycles. The van der Waals surface area contributed by atoms with E-state index in [1.165, 1.54) is 31.2 Å². The highest BCUT2D eigenvalue weighted by atomic mass is 15.0. The Morgan fingerprint density at radius 3 is 2.53 bits per heavy atom. The first-order chi connectivity index (χ1) is 8.30. The van der Waals surface area contributed by atoms with Gasteiger partial charge in [-0.2, -0.15) is 0 Å². The first-order valence-electron chi connectivity index (χ1n) is 6.80. The maximum absolute atomic E-state index is 6.04. The minimum Gasteiger partial charge on any atom is -0.329 e. The van der Waals surface area contributed by atoms with E-state index >= 15 is 0 Å². The van der Waals surface area contributed by atoms with Crippen molar-refractivity contribution < 1.29 is 0 Å². The Hall–Kier alpha value is -0.860. The average Bonchev–Trinajstić information content (AvgIpc) is 3.20. The standard InChI is InChI=1S/C15H24N2/c1-2-10-15(12-16,14-8-9-14)17-11-13-6-4-3-5-7-13/h3-7,14,17H,2,8-12,16H2,1H3. The van der Waals surface area contributed by atoms with Crippen molar-refractivity contribution in [1.29, 1.82) is 0 Å². The molecule has 2 nitrogen and oxygen atoms in total. The predicted octanol–water partition coefficient (Wildman–Crippen LogP) is 2.68. The Morgan fingerprint density at radius 2 is 2.00 bits per heavy atom. The van der Waals surface area contributed by atoms with E-state index in [1.54, 1.807) is 0 Å². The maximum atomic E-state index is 6.04. The van der Waals surface area contributed by atoms with Gasteiger partial charge in [-0.3, -0.25) is 0 Å². The molecule has 1 atom stereocenters. The second-order valence-electron chi connectivity index (χ2n) is 5.22. The van der Waals surface area contributed by atoms with Crippen molar-refractivity contribution in [1.82, 2.24) is 5.32 Å². The zero-order valence-corrected chi connectivity index (χ0v) is 10.8. The van der Waals surface area contributed by atoms with Gasteiger partial charge < -0.3 is 11.1 Å². The molecule has 2 rings (SSSR count). The molecule has 0 radical (unpaired) electrons. The summed E-state index contributed by atoms with van der Waals surface area (Å²) >= 11 is 0. The van der Waals surface area contributed by atoms with Crippen molar-refractivity contribution in [2.24, 2.45) is 11.7 Å². The lowest BCUT2D eigenvalue weighted by molar-refractivity contribution is 0.264. The number of benzene rings is 1. The highest BCUT2D eigenvalue weighted by Crippen LogP contribution is 2.41. The molecule has 0 amide bonds. The Morgan fingerprint density at radius 1 is 1.29 bits per heavy atom. The van der Waals surface area contributed by atoms with Crippen LogP contribution in [-0.2, 0) is 6.54 Å². The average molecular weight is 232 g/mol. The second-order valence-corrected chi connectivity index (χ2v) is 5.22. The maximum Gasteiger partial charge on any atom is 0.0335 e. The van der Waals surface area contributed by atoms with Crippen molar-refractivity contribution in [2.75, 3.05) is 6.54 Å². The summed E-state index contributed by atoms with van der Waals surface area (Å²) in [5.74, 6) is 0.802. The highest BCUT2D eigenvalue weighted by Gasteiger charge is 2.42. The van der Waals surface area contributed by atoms with E-state index in [0.717, 1.165) is 19.0 Å². The first-order valence-corrected chi connectivity index (χ1v) is 6.80. The molecule has 2 heteroatoms. The SMILES string of the molecule is CCCC(CN)(NCc1ccccc1)C1CC1. The predicted molar refractivity (Wildman–Crippen MR) is 72.7 cm³/mol. The van der Waals surface area contributed by atoms with Gasteiger partial charge in [0, 0.05) is 18.6 Å². The Kier molecular flexibility index (Phi) is 4.19. The van der Waals surface area contributed by atoms with Gasteiger partial charge in [-0.25, -0.2) is 0 Å². The van der Waals surface area contributed by atoms with Crippen LogP contribution in [0.4, 0.5) is 0 Å². The van der Waals surface area contributed by atoms with E-state index in [-0.39, 0.29) is 5.54 Å². The van der Waals surface area contributed by atoms with Crippen molar-refractivity contribution in [3.05, 3.63) is 35.9 Å². The van der Waals surface area contributed by atoms with Gasteiger partial charge in [0.1, 0.15) is 0 Å². The number of nitrogens with two attached hydrogens (primary N) is 1. The summed E-state index contributed by atoms with van der Waals surface area (Å²) in [7, 11) is 0. The van der Waals surface area contributed by atoms with Crippen LogP contribution in [0, 0.1) is 5.92 Å². The molecular formula is C15H24N2. The number of rotatable bonds is 7. The summed E-state index contributed by atoms with van der Waals surface area (Å²) in [6, 6.07) is 10.6. The van der Waals surface area contributed by atoms with Gasteiger partial charge in [-0.05, 0) is 30.7 Å². The van der Waals surface area contributed by atoms with Gasteiger partial charge in [-0.1, -0.05) is 43.7 Å². The van der Waals surface area contributed by atoms with E-state index in [4.69, 9.17) is 5.73 Å². The fourth-order valence-corrected chi connectivity index (χ4v) is 2.73. The molecule has 0 heterocycles. The van der Waals surface area contributed by atoms with E-state index in [9.17, 15) is 0 Å². The van der Waals surface area contributed by atoms with E-state index < -0.39 is 0 Å². The van der Waals surface area contributed by atoms with Gasteiger partial charge in [-0.15, -0.1) is 0 Å². The lowest BCUT2D eigenvalue weighted by Gasteiger charge is -2.34. The van der Waals surface area contributed by atoms with Gasteiger partial charge in [0.2, 0.25) is 0 Å². The van der Waals surface area contributed by atoms with E-state index in [2.05, 4.69) is 42.6 Å². The fraction of sp³-hybridized carbons (Fsp3) is 0.600. The second kappa shape index (κ2) is 5.65. The minimum atomic E-state index is 0.185. The number of hydrogen-bond acceptors (Lipinski definition) is 2. The van der Waals surface area contributed by atoms with Crippen LogP contribution in [0.5, 0.6) is 0 Å². The zero-order chi connectivity index (χ0) is 12.1. The molecule has 1 saturated carbocycles. The van der Waals surface area contributed by atoms with Crippen LogP contribution in [0.1, 0.15) is 38.2 Å². The highest BCUT2D eigenvalue weighted by molar-refractivity contribution is 5.15. The molecule has 0 aliphatic heterocycles. The number of nitrogens with one attached hydrogen (secondary N) is 1. The largest absolute Gasteiger partial charge is 0.329 e. The van der Waals surface area contributed by atoms with Crippen molar-refractivity contribution in [3.63, 3.8) is 0 Å². The lowest BCUT2D eigenvalue weighted by atomic mass is 9.88. The fourth-order valence-electron chi connectivity index (χ4n) is 2.73. The summed E-state index contributed by atoms with van der Waals surface area (Å²) < 4.78 is 0. The molecule has 1 aliphatic carbocycles. The van der Waals surface area contributed by atoms with Crippen molar-refractivity contribution in [3.8, 4) is 0 Å². The normalized spacial score (nSPS) is 18.9. The van der Waals surface area contributed by atoms with Crippen LogP contribution in [0.2, 0.25) is 0 Å². The van der Waals surface area contributed by atoms with Crippen LogP contribution < -0.4 is 11.1 Å². The quantitative estimate of drug-likeness (QED) is 0.758. The molecule has 0 bridgehead atoms. The van der Waals surface area contributed by atoms with Crippen molar-refractivity contribution >= 4 is 0 Å². The van der Waals surface area contributed by atoms with Gasteiger partial charge >= 0.3 is 0 Å². The molecule has 0 saturated heterocycles. The van der Waals surface area contributed by atoms with E-state index in [0.29, 0.717) is 0 Å². The van der Waals surface area contributed by atoms with E-state index in [1.807, 2.05) is 0 Å². The van der Waals surface area contributed by atoms with Gasteiger partial charge in [0.25, 0.3) is 0 Å². The van der Waals surface area contributed by atoms with Crippen LogP contribution >= 0.6 is 0 Å². The van der Waals surface area contributed by atoms with Crippen LogP contribution in [-0.4, -0.2) is 12.1 Å². The Labute approximate surface area is 105 Å². The Bertz CT molecular complexity index is 332. The monoisotopic (exact) mass is 232 g/mol. The third-order valence-electron chi connectivity index (χ3n) is 3.91. The minimum absolute atomic E-state index is 0.185.